The highest BCUT2D eigenvalue weighted by atomic mass is 79.9. The standard InChI is InChI=1S/C10H9BrN2O4/c11-7-3-4-1-5(10(14)15)2-6(4)9(8(7)12)13(16)17/h3,5H,1-2,12H2,(H,14,15). The lowest BCUT2D eigenvalue weighted by Crippen LogP contribution is -2.13. The van der Waals surface area contributed by atoms with Crippen molar-refractivity contribution < 1.29 is 14.8 Å². The summed E-state index contributed by atoms with van der Waals surface area (Å²) in [6.45, 7) is 0. The van der Waals surface area contributed by atoms with Crippen LogP contribution in [0.1, 0.15) is 11.1 Å². The average molecular weight is 301 g/mol. The van der Waals surface area contributed by atoms with Crippen molar-refractivity contribution in [2.75, 3.05) is 5.73 Å². The molecule has 1 aliphatic carbocycles. The molecule has 0 saturated carbocycles. The molecular formula is C10H9BrN2O4. The number of rotatable bonds is 2. The quantitative estimate of drug-likeness (QED) is 0.491. The van der Waals surface area contributed by atoms with Crippen LogP contribution in [0.3, 0.4) is 0 Å². The summed E-state index contributed by atoms with van der Waals surface area (Å²) in [5, 5.41) is 19.9. The van der Waals surface area contributed by atoms with Crippen LogP contribution in [0.15, 0.2) is 10.5 Å². The number of aliphatic carboxylic acids is 1. The first-order valence-electron chi connectivity index (χ1n) is 4.88. The molecule has 3 N–H and O–H groups in total. The third-order valence-electron chi connectivity index (χ3n) is 2.94. The van der Waals surface area contributed by atoms with Gasteiger partial charge in [0.1, 0.15) is 5.69 Å². The Morgan fingerprint density at radius 2 is 2.24 bits per heavy atom. The number of carboxylic acids is 1. The minimum Gasteiger partial charge on any atom is -0.481 e. The number of hydrogen-bond donors (Lipinski definition) is 2. The van der Waals surface area contributed by atoms with E-state index in [0.29, 0.717) is 22.0 Å². The van der Waals surface area contributed by atoms with E-state index in [1.165, 1.54) is 0 Å². The molecule has 1 atom stereocenters. The Balaban J connectivity index is 2.58. The molecule has 0 bridgehead atoms. The molecule has 0 spiro atoms. The van der Waals surface area contributed by atoms with E-state index in [9.17, 15) is 14.9 Å². The van der Waals surface area contributed by atoms with Crippen LogP contribution in [0.25, 0.3) is 0 Å². The molecule has 0 saturated heterocycles. The zero-order chi connectivity index (χ0) is 12.7. The van der Waals surface area contributed by atoms with E-state index in [2.05, 4.69) is 15.9 Å². The second kappa shape index (κ2) is 3.99. The van der Waals surface area contributed by atoms with Crippen molar-refractivity contribution >= 4 is 33.3 Å². The number of nitrogen functional groups attached to an aromatic ring is 1. The highest BCUT2D eigenvalue weighted by molar-refractivity contribution is 9.10. The third kappa shape index (κ3) is 1.86. The molecule has 0 heterocycles. The van der Waals surface area contributed by atoms with Gasteiger partial charge in [0.25, 0.3) is 5.69 Å². The SMILES string of the molecule is Nc1c(Br)cc2c(c1[N+](=O)[O-])CC(C(=O)O)C2. The maximum absolute atomic E-state index is 11.0. The van der Waals surface area contributed by atoms with Gasteiger partial charge in [-0.25, -0.2) is 0 Å². The van der Waals surface area contributed by atoms with Gasteiger partial charge in [0.05, 0.1) is 10.8 Å². The molecule has 1 aliphatic rings. The van der Waals surface area contributed by atoms with Crippen molar-refractivity contribution in [1.82, 2.24) is 0 Å². The third-order valence-corrected chi connectivity index (χ3v) is 3.59. The van der Waals surface area contributed by atoms with Crippen LogP contribution in [0.4, 0.5) is 11.4 Å². The van der Waals surface area contributed by atoms with E-state index in [1.54, 1.807) is 6.07 Å². The molecule has 2 rings (SSSR count). The van der Waals surface area contributed by atoms with Crippen LogP contribution in [0.5, 0.6) is 0 Å². The number of halogens is 1. The fourth-order valence-corrected chi connectivity index (χ4v) is 2.59. The lowest BCUT2D eigenvalue weighted by molar-refractivity contribution is -0.384. The summed E-state index contributed by atoms with van der Waals surface area (Å²) in [6, 6.07) is 1.67. The second-order valence-corrected chi connectivity index (χ2v) is 4.81. The van der Waals surface area contributed by atoms with Gasteiger partial charge in [-0.2, -0.15) is 0 Å². The van der Waals surface area contributed by atoms with Crippen LogP contribution in [-0.4, -0.2) is 16.0 Å². The van der Waals surface area contributed by atoms with Crippen LogP contribution >= 0.6 is 15.9 Å². The molecule has 1 aromatic carbocycles. The number of carboxylic acid groups (broad SMARTS) is 1. The van der Waals surface area contributed by atoms with Crippen LogP contribution in [-0.2, 0) is 17.6 Å². The van der Waals surface area contributed by atoms with Crippen LogP contribution in [0.2, 0.25) is 0 Å². The first-order valence-corrected chi connectivity index (χ1v) is 5.68. The molecule has 1 unspecified atom stereocenters. The predicted molar refractivity (Wildman–Crippen MR) is 63.7 cm³/mol. The fraction of sp³-hybridized carbons (Fsp3) is 0.300. The Labute approximate surface area is 105 Å². The van der Waals surface area contributed by atoms with Gasteiger partial charge >= 0.3 is 5.97 Å². The van der Waals surface area contributed by atoms with Gasteiger partial charge in [-0.15, -0.1) is 0 Å². The Morgan fingerprint density at radius 3 is 2.76 bits per heavy atom. The van der Waals surface area contributed by atoms with E-state index in [0.717, 1.165) is 0 Å². The summed E-state index contributed by atoms with van der Waals surface area (Å²) in [4.78, 5) is 21.3. The van der Waals surface area contributed by atoms with Crippen molar-refractivity contribution in [3.05, 3.63) is 31.8 Å². The first kappa shape index (κ1) is 11.8. The zero-order valence-electron chi connectivity index (χ0n) is 8.64. The Kier molecular flexibility index (Phi) is 2.78. The summed E-state index contributed by atoms with van der Waals surface area (Å²) >= 11 is 3.15. The molecule has 6 nitrogen and oxygen atoms in total. The number of nitrogens with zero attached hydrogens (tertiary/aromatic N) is 1. The molecule has 17 heavy (non-hydrogen) atoms. The fourth-order valence-electron chi connectivity index (χ4n) is 2.12. The van der Waals surface area contributed by atoms with Gasteiger partial charge in [0.15, 0.2) is 0 Å². The normalized spacial score (nSPS) is 17.8. The average Bonchev–Trinajstić information content (AvgIpc) is 2.61. The number of fused-ring (bicyclic) bond motifs is 1. The summed E-state index contributed by atoms with van der Waals surface area (Å²) < 4.78 is 0.439. The van der Waals surface area contributed by atoms with Crippen molar-refractivity contribution in [2.45, 2.75) is 12.8 Å². The van der Waals surface area contributed by atoms with Gasteiger partial charge in [-0.1, -0.05) is 0 Å². The van der Waals surface area contributed by atoms with E-state index < -0.39 is 16.8 Å². The zero-order valence-corrected chi connectivity index (χ0v) is 10.2. The molecule has 0 fully saturated rings. The smallest absolute Gasteiger partial charge is 0.307 e. The topological polar surface area (TPSA) is 106 Å². The number of benzene rings is 1. The summed E-state index contributed by atoms with van der Waals surface area (Å²) in [5.74, 6) is -1.54. The summed E-state index contributed by atoms with van der Waals surface area (Å²) in [7, 11) is 0. The van der Waals surface area contributed by atoms with Gasteiger partial charge in [0, 0.05) is 10.0 Å². The van der Waals surface area contributed by atoms with E-state index >= 15 is 0 Å². The molecule has 7 heteroatoms. The van der Waals surface area contributed by atoms with Gasteiger partial charge in [-0.3, -0.25) is 14.9 Å². The summed E-state index contributed by atoms with van der Waals surface area (Å²) in [5.41, 5.74) is 6.66. The van der Waals surface area contributed by atoms with Gasteiger partial charge in [0.2, 0.25) is 0 Å². The van der Waals surface area contributed by atoms with Crippen molar-refractivity contribution in [3.8, 4) is 0 Å². The van der Waals surface area contributed by atoms with E-state index in [-0.39, 0.29) is 17.8 Å². The van der Waals surface area contributed by atoms with E-state index in [1.807, 2.05) is 0 Å². The van der Waals surface area contributed by atoms with E-state index in [4.69, 9.17) is 10.8 Å². The predicted octanol–water partition coefficient (Wildman–Crippen LogP) is 1.74. The number of nitrogens with two attached hydrogens (primary N) is 1. The van der Waals surface area contributed by atoms with Crippen molar-refractivity contribution in [3.63, 3.8) is 0 Å². The van der Waals surface area contributed by atoms with Crippen molar-refractivity contribution in [1.29, 1.82) is 0 Å². The monoisotopic (exact) mass is 300 g/mol. The maximum Gasteiger partial charge on any atom is 0.307 e. The maximum atomic E-state index is 11.0. The number of carbonyl (C=O) groups is 1. The molecule has 1 aromatic rings. The Hall–Kier alpha value is -1.63. The van der Waals surface area contributed by atoms with Gasteiger partial charge < -0.3 is 10.8 Å². The van der Waals surface area contributed by atoms with Crippen molar-refractivity contribution in [2.24, 2.45) is 5.92 Å². The Bertz CT molecular complexity index is 530. The largest absolute Gasteiger partial charge is 0.481 e. The number of nitro groups is 1. The molecular weight excluding hydrogens is 292 g/mol. The number of hydrogen-bond acceptors (Lipinski definition) is 4. The molecule has 0 radical (unpaired) electrons. The molecule has 90 valence electrons. The van der Waals surface area contributed by atoms with Crippen LogP contribution < -0.4 is 5.73 Å². The van der Waals surface area contributed by atoms with Crippen LogP contribution in [0, 0.1) is 16.0 Å². The minimum atomic E-state index is -0.940. The number of nitro benzene ring substituents is 1. The highest BCUT2D eigenvalue weighted by Crippen LogP contribution is 2.41. The Morgan fingerprint density at radius 1 is 1.59 bits per heavy atom. The molecule has 0 amide bonds. The number of anilines is 1. The summed E-state index contributed by atoms with van der Waals surface area (Å²) in [6.07, 6.45) is 0.475. The highest BCUT2D eigenvalue weighted by Gasteiger charge is 2.34. The first-order chi connectivity index (χ1) is 7.91. The second-order valence-electron chi connectivity index (χ2n) is 3.96. The molecule has 0 aliphatic heterocycles. The lowest BCUT2D eigenvalue weighted by Gasteiger charge is -2.05. The lowest BCUT2D eigenvalue weighted by atomic mass is 10.1. The molecule has 0 aromatic heterocycles. The minimum absolute atomic E-state index is 0.0554. The van der Waals surface area contributed by atoms with Gasteiger partial charge in [-0.05, 0) is 40.4 Å².